The van der Waals surface area contributed by atoms with Crippen LogP contribution in [0.4, 0.5) is 0 Å². The van der Waals surface area contributed by atoms with Gasteiger partial charge in [0, 0.05) is 5.56 Å². The van der Waals surface area contributed by atoms with Crippen molar-refractivity contribution >= 4 is 18.2 Å². The van der Waals surface area contributed by atoms with Crippen LogP contribution in [0.25, 0.3) is 0 Å². The Morgan fingerprint density at radius 1 is 1.33 bits per heavy atom. The van der Waals surface area contributed by atoms with E-state index in [0.29, 0.717) is 30.4 Å². The molecule has 0 aliphatic carbocycles. The average molecular weight is 293 g/mol. The van der Waals surface area contributed by atoms with Gasteiger partial charge in [-0.1, -0.05) is 13.3 Å². The smallest absolute Gasteiger partial charge is 0.326 e. The normalized spacial score (nSPS) is 13.0. The molecule has 0 radical (unpaired) electrons. The Balaban J connectivity index is 2.60. The molecule has 0 spiro atoms. The summed E-state index contributed by atoms with van der Waals surface area (Å²) in [7, 11) is 0. The van der Waals surface area contributed by atoms with Crippen molar-refractivity contribution in [2.45, 2.75) is 38.8 Å². The van der Waals surface area contributed by atoms with Gasteiger partial charge in [0.25, 0.3) is 5.91 Å². The SMILES string of the molecule is CCCC(NC(=O)C(C)Oc1ccc(C=O)cc1)C(=O)O. The van der Waals surface area contributed by atoms with Crippen LogP contribution in [0.2, 0.25) is 0 Å². The van der Waals surface area contributed by atoms with Crippen LogP contribution in [-0.2, 0) is 9.59 Å². The van der Waals surface area contributed by atoms with Gasteiger partial charge in [0.05, 0.1) is 0 Å². The molecule has 0 aliphatic rings. The summed E-state index contributed by atoms with van der Waals surface area (Å²) in [4.78, 5) is 33.4. The summed E-state index contributed by atoms with van der Waals surface area (Å²) >= 11 is 0. The molecule has 114 valence electrons. The maximum atomic E-state index is 11.9. The van der Waals surface area contributed by atoms with E-state index in [-0.39, 0.29) is 0 Å². The predicted octanol–water partition coefficient (Wildman–Crippen LogP) is 1.64. The molecule has 1 aromatic carbocycles. The first-order valence-electron chi connectivity index (χ1n) is 6.73. The van der Waals surface area contributed by atoms with Gasteiger partial charge in [0.15, 0.2) is 6.10 Å². The minimum atomic E-state index is -1.06. The van der Waals surface area contributed by atoms with E-state index < -0.39 is 24.0 Å². The molecule has 2 atom stereocenters. The molecule has 0 aliphatic heterocycles. The first-order valence-corrected chi connectivity index (χ1v) is 6.73. The number of carboxylic acid groups (broad SMARTS) is 1. The lowest BCUT2D eigenvalue weighted by molar-refractivity contribution is -0.143. The van der Waals surface area contributed by atoms with Crippen molar-refractivity contribution in [3.8, 4) is 5.75 Å². The summed E-state index contributed by atoms with van der Waals surface area (Å²) in [6, 6.07) is 5.39. The van der Waals surface area contributed by atoms with Crippen molar-refractivity contribution in [2.24, 2.45) is 0 Å². The van der Waals surface area contributed by atoms with Crippen LogP contribution in [0.3, 0.4) is 0 Å². The number of amides is 1. The highest BCUT2D eigenvalue weighted by Gasteiger charge is 2.23. The Morgan fingerprint density at radius 3 is 2.43 bits per heavy atom. The van der Waals surface area contributed by atoms with Crippen molar-refractivity contribution in [1.29, 1.82) is 0 Å². The number of carbonyl (C=O) groups excluding carboxylic acids is 2. The van der Waals surface area contributed by atoms with E-state index in [1.165, 1.54) is 6.92 Å². The molecule has 2 N–H and O–H groups in total. The molecule has 0 bridgehead atoms. The number of ether oxygens (including phenoxy) is 1. The van der Waals surface area contributed by atoms with E-state index in [2.05, 4.69) is 5.32 Å². The lowest BCUT2D eigenvalue weighted by Gasteiger charge is -2.18. The number of rotatable bonds is 8. The molecule has 6 nitrogen and oxygen atoms in total. The molecule has 0 saturated heterocycles. The highest BCUT2D eigenvalue weighted by molar-refractivity contribution is 5.86. The van der Waals surface area contributed by atoms with E-state index in [9.17, 15) is 14.4 Å². The van der Waals surface area contributed by atoms with Crippen molar-refractivity contribution < 1.29 is 24.2 Å². The second kappa shape index (κ2) is 8.04. The second-order valence-electron chi connectivity index (χ2n) is 4.64. The van der Waals surface area contributed by atoms with Crippen LogP contribution in [0, 0.1) is 0 Å². The molecular formula is C15H19NO5. The standard InChI is InChI=1S/C15H19NO5/c1-3-4-13(15(19)20)16-14(18)10(2)21-12-7-5-11(9-17)6-8-12/h5-10,13H,3-4H2,1-2H3,(H,16,18)(H,19,20). The molecule has 2 unspecified atom stereocenters. The third kappa shape index (κ3) is 5.25. The molecule has 0 heterocycles. The highest BCUT2D eigenvalue weighted by Crippen LogP contribution is 2.13. The number of carbonyl (C=O) groups is 3. The maximum Gasteiger partial charge on any atom is 0.326 e. The number of aliphatic carboxylic acids is 1. The van der Waals surface area contributed by atoms with Crippen molar-refractivity contribution in [3.05, 3.63) is 29.8 Å². The van der Waals surface area contributed by atoms with Crippen molar-refractivity contribution in [3.63, 3.8) is 0 Å². The first kappa shape index (κ1) is 16.7. The van der Waals surface area contributed by atoms with Gasteiger partial charge < -0.3 is 15.2 Å². The Labute approximate surface area is 123 Å². The quantitative estimate of drug-likeness (QED) is 0.711. The zero-order valence-electron chi connectivity index (χ0n) is 12.0. The summed E-state index contributed by atoms with van der Waals surface area (Å²) in [5.74, 6) is -1.12. The molecule has 1 aromatic rings. The van der Waals surface area contributed by atoms with Gasteiger partial charge in [-0.25, -0.2) is 4.79 Å². The van der Waals surface area contributed by atoms with Crippen LogP contribution in [0.15, 0.2) is 24.3 Å². The van der Waals surface area contributed by atoms with E-state index in [4.69, 9.17) is 9.84 Å². The summed E-state index contributed by atoms with van der Waals surface area (Å²) in [5.41, 5.74) is 0.508. The molecule has 6 heteroatoms. The number of hydrogen-bond donors (Lipinski definition) is 2. The van der Waals surface area contributed by atoms with Gasteiger partial charge in [-0.2, -0.15) is 0 Å². The average Bonchev–Trinajstić information content (AvgIpc) is 2.47. The van der Waals surface area contributed by atoms with Crippen molar-refractivity contribution in [1.82, 2.24) is 5.32 Å². The Bertz CT molecular complexity index is 497. The van der Waals surface area contributed by atoms with Crippen LogP contribution in [0.5, 0.6) is 5.75 Å². The first-order chi connectivity index (χ1) is 9.97. The lowest BCUT2D eigenvalue weighted by Crippen LogP contribution is -2.46. The lowest BCUT2D eigenvalue weighted by atomic mass is 10.1. The van der Waals surface area contributed by atoms with E-state index in [1.807, 2.05) is 6.92 Å². The van der Waals surface area contributed by atoms with Crippen LogP contribution in [0.1, 0.15) is 37.0 Å². The number of hydrogen-bond acceptors (Lipinski definition) is 4. The van der Waals surface area contributed by atoms with Gasteiger partial charge in [-0.05, 0) is 37.6 Å². The summed E-state index contributed by atoms with van der Waals surface area (Å²) < 4.78 is 5.41. The Kier molecular flexibility index (Phi) is 6.39. The van der Waals surface area contributed by atoms with E-state index in [1.54, 1.807) is 24.3 Å². The van der Waals surface area contributed by atoms with Gasteiger partial charge in [-0.3, -0.25) is 9.59 Å². The minimum Gasteiger partial charge on any atom is -0.481 e. The molecule has 1 rings (SSSR count). The fourth-order valence-electron chi connectivity index (χ4n) is 1.72. The van der Waals surface area contributed by atoms with Gasteiger partial charge >= 0.3 is 5.97 Å². The molecule has 0 aromatic heterocycles. The number of benzene rings is 1. The third-order valence-corrected chi connectivity index (χ3v) is 2.89. The molecule has 0 saturated carbocycles. The minimum absolute atomic E-state index is 0.363. The molecule has 1 amide bonds. The number of carboxylic acids is 1. The summed E-state index contributed by atoms with van der Waals surface area (Å²) in [5, 5.41) is 11.4. The zero-order valence-corrected chi connectivity index (χ0v) is 12.0. The predicted molar refractivity (Wildman–Crippen MR) is 76.4 cm³/mol. The fraction of sp³-hybridized carbons (Fsp3) is 0.400. The van der Waals surface area contributed by atoms with Crippen LogP contribution in [-0.4, -0.2) is 35.4 Å². The Hall–Kier alpha value is -2.37. The van der Waals surface area contributed by atoms with E-state index >= 15 is 0 Å². The number of nitrogens with one attached hydrogen (secondary N) is 1. The highest BCUT2D eigenvalue weighted by atomic mass is 16.5. The van der Waals surface area contributed by atoms with Crippen molar-refractivity contribution in [2.75, 3.05) is 0 Å². The van der Waals surface area contributed by atoms with Gasteiger partial charge in [0.1, 0.15) is 18.1 Å². The van der Waals surface area contributed by atoms with Crippen LogP contribution < -0.4 is 10.1 Å². The van der Waals surface area contributed by atoms with Crippen LogP contribution >= 0.6 is 0 Å². The summed E-state index contributed by atoms with van der Waals surface area (Å²) in [6.07, 6.45) is 0.898. The summed E-state index contributed by atoms with van der Waals surface area (Å²) in [6.45, 7) is 3.38. The Morgan fingerprint density at radius 2 is 1.95 bits per heavy atom. The monoisotopic (exact) mass is 293 g/mol. The fourth-order valence-corrected chi connectivity index (χ4v) is 1.72. The van der Waals surface area contributed by atoms with E-state index in [0.717, 1.165) is 0 Å². The van der Waals surface area contributed by atoms with Gasteiger partial charge in [0.2, 0.25) is 0 Å². The van der Waals surface area contributed by atoms with Gasteiger partial charge in [-0.15, -0.1) is 0 Å². The maximum absolute atomic E-state index is 11.9. The number of aldehydes is 1. The molecular weight excluding hydrogens is 274 g/mol. The topological polar surface area (TPSA) is 92.7 Å². The zero-order chi connectivity index (χ0) is 15.8. The molecule has 21 heavy (non-hydrogen) atoms. The largest absolute Gasteiger partial charge is 0.481 e. The molecule has 0 fully saturated rings. The third-order valence-electron chi connectivity index (χ3n) is 2.89. The second-order valence-corrected chi connectivity index (χ2v) is 4.64.